The number of esters is 1. The molecule has 0 amide bonds. The van der Waals surface area contributed by atoms with Crippen molar-refractivity contribution in [2.75, 3.05) is 12.3 Å². The maximum absolute atomic E-state index is 11.8. The molecule has 0 spiro atoms. The number of rotatable bonds is 4. The molecule has 0 aliphatic heterocycles. The smallest absolute Gasteiger partial charge is 0.340 e. The van der Waals surface area contributed by atoms with Gasteiger partial charge in [-0.3, -0.25) is 0 Å². The topological polar surface area (TPSA) is 61.5 Å². The number of halogens is 1. The molecule has 2 rings (SSSR count). The molecule has 21 heavy (non-hydrogen) atoms. The lowest BCUT2D eigenvalue weighted by atomic mass is 10.1. The van der Waals surface area contributed by atoms with Gasteiger partial charge in [0.25, 0.3) is 0 Å². The average Bonchev–Trinajstić information content (AvgIpc) is 2.45. The number of ether oxygens (including phenoxy) is 2. The van der Waals surface area contributed by atoms with Crippen LogP contribution in [0.3, 0.4) is 0 Å². The van der Waals surface area contributed by atoms with Gasteiger partial charge in [0.2, 0.25) is 0 Å². The summed E-state index contributed by atoms with van der Waals surface area (Å²) in [5.74, 6) is 0.658. The van der Waals surface area contributed by atoms with Crippen LogP contribution in [-0.4, -0.2) is 12.6 Å². The molecule has 0 aliphatic carbocycles. The van der Waals surface area contributed by atoms with Gasteiger partial charge < -0.3 is 15.2 Å². The third kappa shape index (κ3) is 3.55. The zero-order valence-electron chi connectivity index (χ0n) is 11.9. The summed E-state index contributed by atoms with van der Waals surface area (Å²) in [6.07, 6.45) is 0. The van der Waals surface area contributed by atoms with Gasteiger partial charge in [-0.05, 0) is 43.7 Å². The molecule has 0 saturated carbocycles. The molecule has 110 valence electrons. The Labute approximate surface area is 132 Å². The fraction of sp³-hybridized carbons (Fsp3) is 0.188. The largest absolute Gasteiger partial charge is 0.462 e. The van der Waals surface area contributed by atoms with Crippen molar-refractivity contribution < 1.29 is 14.3 Å². The summed E-state index contributed by atoms with van der Waals surface area (Å²) < 4.78 is 11.7. The van der Waals surface area contributed by atoms with Gasteiger partial charge in [0.05, 0.1) is 17.9 Å². The molecule has 0 unspecified atom stereocenters. The Morgan fingerprint density at radius 2 is 2.00 bits per heavy atom. The van der Waals surface area contributed by atoms with E-state index in [2.05, 4.69) is 15.9 Å². The van der Waals surface area contributed by atoms with E-state index in [0.29, 0.717) is 23.7 Å². The number of carbonyl (C=O) groups excluding carboxylic acids is 1. The van der Waals surface area contributed by atoms with Crippen molar-refractivity contribution in [3.8, 4) is 11.5 Å². The van der Waals surface area contributed by atoms with E-state index >= 15 is 0 Å². The van der Waals surface area contributed by atoms with E-state index in [1.807, 2.05) is 25.1 Å². The highest BCUT2D eigenvalue weighted by molar-refractivity contribution is 9.10. The summed E-state index contributed by atoms with van der Waals surface area (Å²) in [5.41, 5.74) is 7.57. The first-order chi connectivity index (χ1) is 10.0. The van der Waals surface area contributed by atoms with Crippen molar-refractivity contribution in [2.45, 2.75) is 13.8 Å². The Morgan fingerprint density at radius 1 is 1.24 bits per heavy atom. The molecule has 0 bridgehead atoms. The van der Waals surface area contributed by atoms with E-state index in [0.717, 1.165) is 10.0 Å². The van der Waals surface area contributed by atoms with E-state index in [1.54, 1.807) is 25.1 Å². The second-order valence-electron chi connectivity index (χ2n) is 4.45. The van der Waals surface area contributed by atoms with Gasteiger partial charge in [-0.2, -0.15) is 0 Å². The predicted molar refractivity (Wildman–Crippen MR) is 85.8 cm³/mol. The number of anilines is 1. The van der Waals surface area contributed by atoms with Crippen molar-refractivity contribution in [1.82, 2.24) is 0 Å². The normalized spacial score (nSPS) is 10.2. The Kier molecular flexibility index (Phi) is 4.85. The van der Waals surface area contributed by atoms with E-state index in [4.69, 9.17) is 15.2 Å². The van der Waals surface area contributed by atoms with Crippen LogP contribution in [0.2, 0.25) is 0 Å². The number of hydrogen-bond donors (Lipinski definition) is 1. The molecule has 0 saturated heterocycles. The minimum atomic E-state index is -0.452. The van der Waals surface area contributed by atoms with Gasteiger partial charge in [0.15, 0.2) is 5.75 Å². The molecule has 0 aliphatic rings. The van der Waals surface area contributed by atoms with Crippen molar-refractivity contribution >= 4 is 27.6 Å². The SMILES string of the molecule is CCOC(=O)c1cccc(Oc2cc(Br)ccc2C)c1N. The monoisotopic (exact) mass is 349 g/mol. The molecule has 0 fully saturated rings. The maximum Gasteiger partial charge on any atom is 0.340 e. The Hall–Kier alpha value is -2.01. The van der Waals surface area contributed by atoms with Gasteiger partial charge in [-0.1, -0.05) is 28.1 Å². The van der Waals surface area contributed by atoms with E-state index in [-0.39, 0.29) is 5.69 Å². The number of aryl methyl sites for hydroxylation is 1. The zero-order chi connectivity index (χ0) is 15.4. The first kappa shape index (κ1) is 15.4. The third-order valence-electron chi connectivity index (χ3n) is 2.93. The number of nitrogens with two attached hydrogens (primary N) is 1. The summed E-state index contributed by atoms with van der Waals surface area (Å²) in [4.78, 5) is 11.8. The minimum Gasteiger partial charge on any atom is -0.462 e. The lowest BCUT2D eigenvalue weighted by Crippen LogP contribution is -2.08. The van der Waals surface area contributed by atoms with Crippen LogP contribution in [0.15, 0.2) is 40.9 Å². The molecule has 0 atom stereocenters. The maximum atomic E-state index is 11.8. The number of carbonyl (C=O) groups is 1. The average molecular weight is 350 g/mol. The van der Waals surface area contributed by atoms with Crippen molar-refractivity contribution in [3.05, 3.63) is 52.0 Å². The quantitative estimate of drug-likeness (QED) is 0.659. The third-order valence-corrected chi connectivity index (χ3v) is 3.42. The molecule has 0 radical (unpaired) electrons. The Balaban J connectivity index is 2.35. The molecular weight excluding hydrogens is 334 g/mol. The molecule has 0 heterocycles. The highest BCUT2D eigenvalue weighted by Gasteiger charge is 2.15. The van der Waals surface area contributed by atoms with E-state index in [9.17, 15) is 4.79 Å². The van der Waals surface area contributed by atoms with Crippen LogP contribution < -0.4 is 10.5 Å². The minimum absolute atomic E-state index is 0.273. The fourth-order valence-corrected chi connectivity index (χ4v) is 2.16. The van der Waals surface area contributed by atoms with Gasteiger partial charge in [-0.15, -0.1) is 0 Å². The molecule has 2 aromatic rings. The van der Waals surface area contributed by atoms with Gasteiger partial charge in [-0.25, -0.2) is 4.79 Å². The van der Waals surface area contributed by atoms with Crippen LogP contribution in [-0.2, 0) is 4.74 Å². The molecule has 5 heteroatoms. The van der Waals surface area contributed by atoms with Crippen LogP contribution in [0.1, 0.15) is 22.8 Å². The lowest BCUT2D eigenvalue weighted by Gasteiger charge is -2.13. The number of hydrogen-bond acceptors (Lipinski definition) is 4. The number of nitrogen functional groups attached to an aromatic ring is 1. The summed E-state index contributed by atoms with van der Waals surface area (Å²) in [5, 5.41) is 0. The van der Waals surface area contributed by atoms with Crippen LogP contribution >= 0.6 is 15.9 Å². The van der Waals surface area contributed by atoms with Gasteiger partial charge >= 0.3 is 5.97 Å². The summed E-state index contributed by atoms with van der Waals surface area (Å²) in [7, 11) is 0. The van der Waals surface area contributed by atoms with Crippen molar-refractivity contribution in [2.24, 2.45) is 0 Å². The second kappa shape index (κ2) is 6.63. The molecule has 4 nitrogen and oxygen atoms in total. The number of benzene rings is 2. The molecule has 0 aromatic heterocycles. The highest BCUT2D eigenvalue weighted by atomic mass is 79.9. The molecular formula is C16H16BrNO3. The first-order valence-corrected chi connectivity index (χ1v) is 7.31. The van der Waals surface area contributed by atoms with Crippen molar-refractivity contribution in [1.29, 1.82) is 0 Å². The Morgan fingerprint density at radius 3 is 2.71 bits per heavy atom. The Bertz CT molecular complexity index is 671. The van der Waals surface area contributed by atoms with E-state index < -0.39 is 5.97 Å². The molecule has 2 aromatic carbocycles. The van der Waals surface area contributed by atoms with Gasteiger partial charge in [0.1, 0.15) is 5.75 Å². The van der Waals surface area contributed by atoms with Gasteiger partial charge in [0, 0.05) is 4.47 Å². The highest BCUT2D eigenvalue weighted by Crippen LogP contribution is 2.33. The van der Waals surface area contributed by atoms with Crippen LogP contribution in [0.4, 0.5) is 5.69 Å². The van der Waals surface area contributed by atoms with Crippen LogP contribution in [0, 0.1) is 6.92 Å². The van der Waals surface area contributed by atoms with Crippen LogP contribution in [0.5, 0.6) is 11.5 Å². The van der Waals surface area contributed by atoms with Crippen LogP contribution in [0.25, 0.3) is 0 Å². The second-order valence-corrected chi connectivity index (χ2v) is 5.37. The zero-order valence-corrected chi connectivity index (χ0v) is 13.4. The standard InChI is InChI=1S/C16H16BrNO3/c1-3-20-16(19)12-5-4-6-13(15(12)18)21-14-9-11(17)8-7-10(14)2/h4-9H,3,18H2,1-2H3. The molecule has 2 N–H and O–H groups in total. The summed E-state index contributed by atoms with van der Waals surface area (Å²) in [6, 6.07) is 10.8. The predicted octanol–water partition coefficient (Wildman–Crippen LogP) is 4.31. The number of para-hydroxylation sites is 1. The van der Waals surface area contributed by atoms with E-state index in [1.165, 1.54) is 0 Å². The summed E-state index contributed by atoms with van der Waals surface area (Å²) in [6.45, 7) is 3.99. The van der Waals surface area contributed by atoms with Crippen molar-refractivity contribution in [3.63, 3.8) is 0 Å². The lowest BCUT2D eigenvalue weighted by molar-refractivity contribution is 0.0527. The summed E-state index contributed by atoms with van der Waals surface area (Å²) >= 11 is 3.40. The fourth-order valence-electron chi connectivity index (χ4n) is 1.82. The first-order valence-electron chi connectivity index (χ1n) is 6.52.